The van der Waals surface area contributed by atoms with E-state index in [0.29, 0.717) is 5.92 Å². The van der Waals surface area contributed by atoms with E-state index in [0.717, 1.165) is 11.2 Å². The second-order valence-electron chi connectivity index (χ2n) is 3.13. The van der Waals surface area contributed by atoms with Gasteiger partial charge in [-0.25, -0.2) is 0 Å². The molecule has 1 rings (SSSR count). The van der Waals surface area contributed by atoms with Crippen LogP contribution in [0.1, 0.15) is 6.42 Å². The standard InChI is InChI=1S/C8H15BrN2O/c1-11-4-3-7(6-11)5-8(9)10-12-2/h5,7,10H,3-4,6H2,1-2H3/b8-5-. The Hall–Kier alpha value is -0.0600. The summed E-state index contributed by atoms with van der Waals surface area (Å²) >= 11 is 3.37. The molecule has 0 saturated carbocycles. The highest BCUT2D eigenvalue weighted by atomic mass is 79.9. The van der Waals surface area contributed by atoms with E-state index in [1.54, 1.807) is 7.11 Å². The van der Waals surface area contributed by atoms with E-state index in [-0.39, 0.29) is 0 Å². The molecule has 12 heavy (non-hydrogen) atoms. The van der Waals surface area contributed by atoms with Crippen molar-refractivity contribution >= 4 is 15.9 Å². The molecule has 0 bridgehead atoms. The van der Waals surface area contributed by atoms with Crippen molar-refractivity contribution in [3.05, 3.63) is 10.7 Å². The maximum Gasteiger partial charge on any atom is 0.0994 e. The molecule has 0 spiro atoms. The minimum Gasteiger partial charge on any atom is -0.306 e. The summed E-state index contributed by atoms with van der Waals surface area (Å²) in [5.74, 6) is 0.645. The molecule has 1 fully saturated rings. The summed E-state index contributed by atoms with van der Waals surface area (Å²) in [4.78, 5) is 7.09. The zero-order valence-electron chi connectivity index (χ0n) is 7.51. The van der Waals surface area contributed by atoms with Gasteiger partial charge in [-0.2, -0.15) is 0 Å². The molecule has 1 atom stereocenters. The number of hydrogen-bond acceptors (Lipinski definition) is 3. The first kappa shape index (κ1) is 10.0. The van der Waals surface area contributed by atoms with Crippen molar-refractivity contribution in [2.45, 2.75) is 6.42 Å². The Labute approximate surface area is 81.8 Å². The Morgan fingerprint density at radius 2 is 2.50 bits per heavy atom. The minimum absolute atomic E-state index is 0.645. The van der Waals surface area contributed by atoms with E-state index in [1.807, 2.05) is 0 Å². The highest BCUT2D eigenvalue weighted by molar-refractivity contribution is 9.11. The molecule has 1 aliphatic heterocycles. The lowest BCUT2D eigenvalue weighted by atomic mass is 10.1. The average Bonchev–Trinajstić information content (AvgIpc) is 2.36. The second-order valence-corrected chi connectivity index (χ2v) is 3.99. The number of likely N-dealkylation sites (tertiary alicyclic amines) is 1. The van der Waals surface area contributed by atoms with Gasteiger partial charge in [-0.05, 0) is 47.9 Å². The molecular formula is C8H15BrN2O. The molecule has 0 aromatic carbocycles. The van der Waals surface area contributed by atoms with Crippen LogP contribution in [0.15, 0.2) is 10.7 Å². The Morgan fingerprint density at radius 1 is 1.75 bits per heavy atom. The van der Waals surface area contributed by atoms with E-state index in [9.17, 15) is 0 Å². The van der Waals surface area contributed by atoms with Gasteiger partial charge in [0.15, 0.2) is 0 Å². The van der Waals surface area contributed by atoms with E-state index >= 15 is 0 Å². The maximum absolute atomic E-state index is 4.76. The Balaban J connectivity index is 2.34. The van der Waals surface area contributed by atoms with Crippen molar-refractivity contribution in [2.24, 2.45) is 5.92 Å². The van der Waals surface area contributed by atoms with Crippen LogP contribution in [0.4, 0.5) is 0 Å². The van der Waals surface area contributed by atoms with E-state index in [2.05, 4.69) is 39.4 Å². The summed E-state index contributed by atoms with van der Waals surface area (Å²) < 4.78 is 0.922. The molecule has 3 nitrogen and oxygen atoms in total. The summed E-state index contributed by atoms with van der Waals surface area (Å²) in [6.07, 6.45) is 3.39. The molecule has 0 aliphatic carbocycles. The van der Waals surface area contributed by atoms with Crippen LogP contribution >= 0.6 is 15.9 Å². The fraction of sp³-hybridized carbons (Fsp3) is 0.750. The lowest BCUT2D eigenvalue weighted by Crippen LogP contribution is -2.14. The molecule has 0 radical (unpaired) electrons. The third-order valence-corrected chi connectivity index (χ3v) is 2.44. The predicted molar refractivity (Wildman–Crippen MR) is 52.8 cm³/mol. The number of halogens is 1. The Bertz CT molecular complexity index is 172. The summed E-state index contributed by atoms with van der Waals surface area (Å²) in [5, 5.41) is 0. The van der Waals surface area contributed by atoms with Crippen LogP contribution in [-0.2, 0) is 4.84 Å². The van der Waals surface area contributed by atoms with Gasteiger partial charge >= 0.3 is 0 Å². The monoisotopic (exact) mass is 234 g/mol. The van der Waals surface area contributed by atoms with Gasteiger partial charge in [-0.15, -0.1) is 0 Å². The van der Waals surface area contributed by atoms with Crippen molar-refractivity contribution in [1.82, 2.24) is 10.4 Å². The quantitative estimate of drug-likeness (QED) is 0.590. The van der Waals surface area contributed by atoms with Gasteiger partial charge in [-0.3, -0.25) is 10.3 Å². The predicted octanol–water partition coefficient (Wildman–Crippen LogP) is 1.33. The fourth-order valence-corrected chi connectivity index (χ4v) is 1.98. The smallest absolute Gasteiger partial charge is 0.0994 e. The van der Waals surface area contributed by atoms with Crippen LogP contribution < -0.4 is 5.48 Å². The summed E-state index contributed by atoms with van der Waals surface area (Å²) in [6.45, 7) is 2.33. The SMILES string of the molecule is CON/C(Br)=C\C1CCN(C)C1. The van der Waals surface area contributed by atoms with Crippen LogP contribution in [-0.4, -0.2) is 32.1 Å². The topological polar surface area (TPSA) is 24.5 Å². The maximum atomic E-state index is 4.76. The van der Waals surface area contributed by atoms with Crippen molar-refractivity contribution in [2.75, 3.05) is 27.2 Å². The van der Waals surface area contributed by atoms with Gasteiger partial charge < -0.3 is 4.90 Å². The van der Waals surface area contributed by atoms with Crippen molar-refractivity contribution in [1.29, 1.82) is 0 Å². The third kappa shape index (κ3) is 3.13. The van der Waals surface area contributed by atoms with E-state index in [1.165, 1.54) is 13.0 Å². The van der Waals surface area contributed by atoms with Crippen LogP contribution in [0.5, 0.6) is 0 Å². The number of nitrogens with one attached hydrogen (secondary N) is 1. The first-order valence-electron chi connectivity index (χ1n) is 4.07. The lowest BCUT2D eigenvalue weighted by molar-refractivity contribution is 0.125. The third-order valence-electron chi connectivity index (χ3n) is 2.01. The highest BCUT2D eigenvalue weighted by Gasteiger charge is 2.17. The number of hydroxylamine groups is 1. The average molecular weight is 235 g/mol. The Morgan fingerprint density at radius 3 is 3.00 bits per heavy atom. The van der Waals surface area contributed by atoms with Crippen LogP contribution in [0.2, 0.25) is 0 Å². The van der Waals surface area contributed by atoms with Crippen molar-refractivity contribution in [3.63, 3.8) is 0 Å². The first-order valence-corrected chi connectivity index (χ1v) is 4.86. The van der Waals surface area contributed by atoms with Gasteiger partial charge in [0.1, 0.15) is 0 Å². The van der Waals surface area contributed by atoms with E-state index in [4.69, 9.17) is 4.84 Å². The van der Waals surface area contributed by atoms with E-state index < -0.39 is 0 Å². The van der Waals surface area contributed by atoms with Gasteiger partial charge in [0.05, 0.1) is 11.7 Å². The van der Waals surface area contributed by atoms with Crippen molar-refractivity contribution in [3.8, 4) is 0 Å². The molecule has 1 aliphatic rings. The molecule has 0 aromatic rings. The zero-order valence-corrected chi connectivity index (χ0v) is 9.10. The summed E-state index contributed by atoms with van der Waals surface area (Å²) in [7, 11) is 3.75. The molecular weight excluding hydrogens is 220 g/mol. The summed E-state index contributed by atoms with van der Waals surface area (Å²) in [6, 6.07) is 0. The molecule has 4 heteroatoms. The van der Waals surface area contributed by atoms with Gasteiger partial charge in [-0.1, -0.05) is 0 Å². The summed E-state index contributed by atoms with van der Waals surface area (Å²) in [5.41, 5.74) is 2.75. The molecule has 1 N–H and O–H groups in total. The minimum atomic E-state index is 0.645. The molecule has 1 unspecified atom stereocenters. The lowest BCUT2D eigenvalue weighted by Gasteiger charge is -2.07. The molecule has 0 aromatic heterocycles. The Kier molecular flexibility index (Phi) is 4.05. The van der Waals surface area contributed by atoms with Crippen molar-refractivity contribution < 1.29 is 4.84 Å². The number of hydrogen-bond donors (Lipinski definition) is 1. The van der Waals surface area contributed by atoms with Gasteiger partial charge in [0.2, 0.25) is 0 Å². The molecule has 1 saturated heterocycles. The van der Waals surface area contributed by atoms with Gasteiger partial charge in [0.25, 0.3) is 0 Å². The highest BCUT2D eigenvalue weighted by Crippen LogP contribution is 2.18. The first-order chi connectivity index (χ1) is 5.72. The normalized spacial score (nSPS) is 26.2. The fourth-order valence-electron chi connectivity index (χ4n) is 1.44. The van der Waals surface area contributed by atoms with Crippen LogP contribution in [0.25, 0.3) is 0 Å². The van der Waals surface area contributed by atoms with Gasteiger partial charge in [0, 0.05) is 6.54 Å². The molecule has 70 valence electrons. The second kappa shape index (κ2) is 4.84. The molecule has 1 heterocycles. The number of nitrogens with zero attached hydrogens (tertiary/aromatic N) is 1. The van der Waals surface area contributed by atoms with Crippen LogP contribution in [0, 0.1) is 5.92 Å². The van der Waals surface area contributed by atoms with Crippen LogP contribution in [0.3, 0.4) is 0 Å². The largest absolute Gasteiger partial charge is 0.306 e. The number of rotatable bonds is 3. The zero-order chi connectivity index (χ0) is 8.97. The molecule has 0 amide bonds.